The summed E-state index contributed by atoms with van der Waals surface area (Å²) >= 11 is 4.97. The first-order valence-electron chi connectivity index (χ1n) is 6.94. The third-order valence-corrected chi connectivity index (χ3v) is 4.83. The number of nitrogens with zero attached hydrogens (tertiary/aromatic N) is 4. The van der Waals surface area contributed by atoms with Crippen molar-refractivity contribution in [2.75, 3.05) is 17.3 Å². The van der Waals surface area contributed by atoms with E-state index in [1.807, 2.05) is 12.1 Å². The molecule has 1 aliphatic rings. The summed E-state index contributed by atoms with van der Waals surface area (Å²) in [5.41, 5.74) is 0.608. The van der Waals surface area contributed by atoms with Crippen LogP contribution in [0.25, 0.3) is 11.6 Å². The van der Waals surface area contributed by atoms with E-state index < -0.39 is 0 Å². The molecule has 8 heteroatoms. The predicted octanol–water partition coefficient (Wildman–Crippen LogP) is 3.18. The number of fused-ring (bicyclic) bond motifs is 1. The van der Waals surface area contributed by atoms with E-state index in [0.717, 1.165) is 10.2 Å². The fraction of sp³-hybridized carbons (Fsp3) is 0.133. The third kappa shape index (κ3) is 2.57. The van der Waals surface area contributed by atoms with Crippen molar-refractivity contribution in [3.05, 3.63) is 52.7 Å². The molecule has 1 aliphatic heterocycles. The van der Waals surface area contributed by atoms with Crippen LogP contribution in [0.1, 0.15) is 10.4 Å². The number of furan rings is 1. The molecule has 23 heavy (non-hydrogen) atoms. The molecule has 0 fully saturated rings. The van der Waals surface area contributed by atoms with Crippen LogP contribution in [-0.2, 0) is 0 Å². The van der Waals surface area contributed by atoms with Crippen molar-refractivity contribution in [1.29, 1.82) is 0 Å². The predicted molar refractivity (Wildman–Crippen MR) is 90.0 cm³/mol. The molecule has 0 spiro atoms. The van der Waals surface area contributed by atoms with Gasteiger partial charge in [0, 0.05) is 15.8 Å². The average molecular weight is 391 g/mol. The first-order valence-corrected chi connectivity index (χ1v) is 8.72. The lowest BCUT2D eigenvalue weighted by Crippen LogP contribution is -2.45. The Morgan fingerprint density at radius 1 is 1.26 bits per heavy atom. The van der Waals surface area contributed by atoms with Crippen LogP contribution in [0, 0.1) is 0 Å². The first kappa shape index (κ1) is 14.5. The SMILES string of the molecule is O=C(c1cccc(Br)c1)N1CCSc2nnc(-c3ccco3)n21. The second kappa shape index (κ2) is 5.86. The van der Waals surface area contributed by atoms with Gasteiger partial charge in [-0.2, -0.15) is 0 Å². The van der Waals surface area contributed by atoms with Gasteiger partial charge in [-0.1, -0.05) is 33.8 Å². The van der Waals surface area contributed by atoms with Crippen molar-refractivity contribution in [1.82, 2.24) is 14.9 Å². The Balaban J connectivity index is 1.78. The highest BCUT2D eigenvalue weighted by atomic mass is 79.9. The molecule has 0 aliphatic carbocycles. The van der Waals surface area contributed by atoms with Crippen LogP contribution in [0.2, 0.25) is 0 Å². The van der Waals surface area contributed by atoms with E-state index in [1.54, 1.807) is 52.0 Å². The fourth-order valence-corrected chi connectivity index (χ4v) is 3.67. The zero-order valence-electron chi connectivity index (χ0n) is 11.8. The number of thioether (sulfide) groups is 1. The molecule has 0 saturated heterocycles. The van der Waals surface area contributed by atoms with Gasteiger partial charge in [0.1, 0.15) is 0 Å². The van der Waals surface area contributed by atoms with E-state index in [4.69, 9.17) is 4.42 Å². The van der Waals surface area contributed by atoms with Gasteiger partial charge in [-0.3, -0.25) is 4.79 Å². The molecule has 0 saturated carbocycles. The highest BCUT2D eigenvalue weighted by Crippen LogP contribution is 2.28. The van der Waals surface area contributed by atoms with Gasteiger partial charge >= 0.3 is 0 Å². The second-order valence-corrected chi connectivity index (χ2v) is 6.86. The van der Waals surface area contributed by atoms with Crippen LogP contribution in [0.15, 0.2) is 56.7 Å². The molecule has 0 N–H and O–H groups in total. The number of hydrogen-bond acceptors (Lipinski definition) is 5. The summed E-state index contributed by atoms with van der Waals surface area (Å²) in [7, 11) is 0. The summed E-state index contributed by atoms with van der Waals surface area (Å²) in [6.07, 6.45) is 1.58. The van der Waals surface area contributed by atoms with Crippen LogP contribution in [0.3, 0.4) is 0 Å². The lowest BCUT2D eigenvalue weighted by Gasteiger charge is -2.28. The zero-order valence-corrected chi connectivity index (χ0v) is 14.2. The van der Waals surface area contributed by atoms with Gasteiger partial charge in [-0.25, -0.2) is 9.69 Å². The molecular formula is C15H11BrN4O2S. The summed E-state index contributed by atoms with van der Waals surface area (Å²) in [5.74, 6) is 1.79. The maximum atomic E-state index is 12.9. The number of carbonyl (C=O) groups excluding carboxylic acids is 1. The minimum absolute atomic E-state index is 0.0968. The number of carbonyl (C=O) groups is 1. The van der Waals surface area contributed by atoms with Crippen LogP contribution in [-0.4, -0.2) is 33.1 Å². The van der Waals surface area contributed by atoms with Crippen molar-refractivity contribution in [2.24, 2.45) is 0 Å². The number of benzene rings is 1. The zero-order chi connectivity index (χ0) is 15.8. The minimum atomic E-state index is -0.0968. The fourth-order valence-electron chi connectivity index (χ4n) is 2.42. The maximum Gasteiger partial charge on any atom is 0.272 e. The van der Waals surface area contributed by atoms with Crippen molar-refractivity contribution >= 4 is 33.6 Å². The summed E-state index contributed by atoms with van der Waals surface area (Å²) in [5, 5.41) is 10.7. The molecular weight excluding hydrogens is 380 g/mol. The van der Waals surface area contributed by atoms with Gasteiger partial charge < -0.3 is 4.42 Å². The lowest BCUT2D eigenvalue weighted by molar-refractivity contribution is 0.0956. The van der Waals surface area contributed by atoms with Crippen LogP contribution >= 0.6 is 27.7 Å². The third-order valence-electron chi connectivity index (χ3n) is 3.44. The Morgan fingerprint density at radius 3 is 2.96 bits per heavy atom. The number of hydrogen-bond donors (Lipinski definition) is 0. The monoisotopic (exact) mass is 390 g/mol. The molecule has 0 bridgehead atoms. The molecule has 1 amide bonds. The van der Waals surface area contributed by atoms with Gasteiger partial charge in [0.25, 0.3) is 5.91 Å². The highest BCUT2D eigenvalue weighted by molar-refractivity contribution is 9.10. The van der Waals surface area contributed by atoms with Crippen LogP contribution in [0.5, 0.6) is 0 Å². The Morgan fingerprint density at radius 2 is 2.17 bits per heavy atom. The van der Waals surface area contributed by atoms with Gasteiger partial charge in [0.2, 0.25) is 11.0 Å². The molecule has 0 unspecified atom stereocenters. The van der Waals surface area contributed by atoms with E-state index in [9.17, 15) is 4.79 Å². The van der Waals surface area contributed by atoms with Gasteiger partial charge in [-0.05, 0) is 30.3 Å². The minimum Gasteiger partial charge on any atom is -0.461 e. The Labute approximate surface area is 144 Å². The Kier molecular flexibility index (Phi) is 3.70. The van der Waals surface area contributed by atoms with E-state index in [1.165, 1.54) is 0 Å². The molecule has 1 aromatic carbocycles. The highest BCUT2D eigenvalue weighted by Gasteiger charge is 2.29. The summed E-state index contributed by atoms with van der Waals surface area (Å²) < 4.78 is 8.02. The van der Waals surface area contributed by atoms with E-state index in [2.05, 4.69) is 26.1 Å². The van der Waals surface area contributed by atoms with Crippen LogP contribution in [0.4, 0.5) is 0 Å². The molecule has 4 rings (SSSR count). The van der Waals surface area contributed by atoms with E-state index >= 15 is 0 Å². The number of halogens is 1. The number of rotatable bonds is 2. The topological polar surface area (TPSA) is 64.2 Å². The van der Waals surface area contributed by atoms with Gasteiger partial charge in [0.15, 0.2) is 5.76 Å². The molecule has 2 aromatic heterocycles. The normalized spacial score (nSPS) is 13.9. The summed E-state index contributed by atoms with van der Waals surface area (Å²) in [6, 6.07) is 10.9. The number of aromatic nitrogens is 3. The summed E-state index contributed by atoms with van der Waals surface area (Å²) in [6.45, 7) is 0.578. The molecule has 0 atom stereocenters. The van der Waals surface area contributed by atoms with Crippen molar-refractivity contribution < 1.29 is 9.21 Å². The smallest absolute Gasteiger partial charge is 0.272 e. The van der Waals surface area contributed by atoms with Crippen molar-refractivity contribution in [3.8, 4) is 11.6 Å². The lowest BCUT2D eigenvalue weighted by atomic mass is 10.2. The molecule has 3 aromatic rings. The average Bonchev–Trinajstić information content (AvgIpc) is 3.22. The van der Waals surface area contributed by atoms with E-state index in [-0.39, 0.29) is 5.91 Å². The van der Waals surface area contributed by atoms with Gasteiger partial charge in [0.05, 0.1) is 12.8 Å². The second-order valence-electron chi connectivity index (χ2n) is 4.88. The first-order chi connectivity index (χ1) is 11.2. The summed E-state index contributed by atoms with van der Waals surface area (Å²) in [4.78, 5) is 12.9. The quantitative estimate of drug-likeness (QED) is 0.672. The van der Waals surface area contributed by atoms with E-state index in [0.29, 0.717) is 28.8 Å². The molecule has 6 nitrogen and oxygen atoms in total. The molecule has 0 radical (unpaired) electrons. The molecule has 116 valence electrons. The Hall–Kier alpha value is -2.06. The largest absolute Gasteiger partial charge is 0.461 e. The number of amides is 1. The molecule has 3 heterocycles. The van der Waals surface area contributed by atoms with Gasteiger partial charge in [-0.15, -0.1) is 10.2 Å². The standard InChI is InChI=1S/C15H11BrN4O2S/c16-11-4-1-3-10(9-11)14(21)19-6-8-23-15-18-17-13(20(15)19)12-5-2-7-22-12/h1-5,7,9H,6,8H2. The van der Waals surface area contributed by atoms with Crippen molar-refractivity contribution in [3.63, 3.8) is 0 Å². The maximum absolute atomic E-state index is 12.9. The van der Waals surface area contributed by atoms with Crippen molar-refractivity contribution in [2.45, 2.75) is 5.16 Å². The Bertz CT molecular complexity index is 862. The van der Waals surface area contributed by atoms with Crippen LogP contribution < -0.4 is 5.01 Å².